The van der Waals surface area contributed by atoms with E-state index in [1.807, 2.05) is 6.07 Å². The SMILES string of the molecule is C.N#Cc1ccnc(N2C(=O)CC[C@H]2C(=O)N(c2cccc(F)c2)[C@H](C(=O)NC2CCC(F)(F)CC2)c2ccccc2Cl)n1. The third kappa shape index (κ3) is 6.83. The van der Waals surface area contributed by atoms with Crippen LogP contribution in [0.1, 0.15) is 63.3 Å². The van der Waals surface area contributed by atoms with Crippen molar-refractivity contribution < 1.29 is 27.6 Å². The number of carbonyl (C=O) groups is 3. The van der Waals surface area contributed by atoms with Gasteiger partial charge in [-0.3, -0.25) is 24.2 Å². The van der Waals surface area contributed by atoms with Gasteiger partial charge in [0.15, 0.2) is 0 Å². The Bertz CT molecular complexity index is 1590. The predicted molar refractivity (Wildman–Crippen MR) is 157 cm³/mol. The summed E-state index contributed by atoms with van der Waals surface area (Å²) in [7, 11) is 0. The van der Waals surface area contributed by atoms with E-state index in [1.54, 1.807) is 12.1 Å². The van der Waals surface area contributed by atoms with E-state index in [-0.39, 0.29) is 61.0 Å². The van der Waals surface area contributed by atoms with E-state index in [0.717, 1.165) is 15.9 Å². The molecule has 0 bridgehead atoms. The first-order valence-electron chi connectivity index (χ1n) is 13.6. The number of anilines is 2. The van der Waals surface area contributed by atoms with Crippen molar-refractivity contribution in [1.82, 2.24) is 15.3 Å². The minimum absolute atomic E-state index is 0. The summed E-state index contributed by atoms with van der Waals surface area (Å²) in [5.74, 6) is -5.61. The van der Waals surface area contributed by atoms with Crippen molar-refractivity contribution in [3.05, 3.63) is 82.9 Å². The molecule has 2 aliphatic rings. The Morgan fingerprint density at radius 2 is 1.84 bits per heavy atom. The summed E-state index contributed by atoms with van der Waals surface area (Å²) in [5, 5.41) is 12.2. The lowest BCUT2D eigenvalue weighted by Crippen LogP contribution is -2.53. The van der Waals surface area contributed by atoms with Gasteiger partial charge < -0.3 is 5.32 Å². The molecule has 1 saturated heterocycles. The van der Waals surface area contributed by atoms with Crippen molar-refractivity contribution in [3.8, 4) is 6.07 Å². The highest BCUT2D eigenvalue weighted by molar-refractivity contribution is 6.31. The van der Waals surface area contributed by atoms with Gasteiger partial charge in [-0.25, -0.2) is 23.1 Å². The van der Waals surface area contributed by atoms with Crippen LogP contribution < -0.4 is 15.1 Å². The molecule has 3 amide bonds. The average molecular weight is 627 g/mol. The Morgan fingerprint density at radius 3 is 2.52 bits per heavy atom. The minimum atomic E-state index is -2.82. The number of nitrogens with one attached hydrogen (secondary N) is 1. The molecule has 3 aromatic rings. The van der Waals surface area contributed by atoms with E-state index in [2.05, 4.69) is 15.3 Å². The lowest BCUT2D eigenvalue weighted by Gasteiger charge is -2.37. The number of alkyl halides is 2. The summed E-state index contributed by atoms with van der Waals surface area (Å²) in [6, 6.07) is 11.3. The highest BCUT2D eigenvalue weighted by atomic mass is 35.5. The number of hydrogen-bond donors (Lipinski definition) is 1. The molecule has 1 saturated carbocycles. The number of halogens is 4. The number of nitrogens with zero attached hydrogens (tertiary/aromatic N) is 5. The highest BCUT2D eigenvalue weighted by Gasteiger charge is 2.45. The van der Waals surface area contributed by atoms with Gasteiger partial charge in [0.2, 0.25) is 23.7 Å². The molecule has 1 aromatic heterocycles. The Morgan fingerprint density at radius 1 is 1.11 bits per heavy atom. The monoisotopic (exact) mass is 626 g/mol. The van der Waals surface area contributed by atoms with Crippen LogP contribution in [0.3, 0.4) is 0 Å². The molecule has 2 heterocycles. The second-order valence-corrected chi connectivity index (χ2v) is 10.8. The second-order valence-electron chi connectivity index (χ2n) is 10.4. The lowest BCUT2D eigenvalue weighted by atomic mass is 9.91. The fraction of sp³-hybridized carbons (Fsp3) is 0.355. The molecule has 13 heteroatoms. The zero-order chi connectivity index (χ0) is 30.7. The summed E-state index contributed by atoms with van der Waals surface area (Å²) >= 11 is 6.55. The molecule has 1 N–H and O–H groups in total. The summed E-state index contributed by atoms with van der Waals surface area (Å²) < 4.78 is 42.3. The van der Waals surface area contributed by atoms with Gasteiger partial charge in [0, 0.05) is 47.8 Å². The van der Waals surface area contributed by atoms with Crippen LogP contribution in [0.4, 0.5) is 24.8 Å². The van der Waals surface area contributed by atoms with Crippen LogP contribution in [0.2, 0.25) is 5.02 Å². The third-order valence-electron chi connectivity index (χ3n) is 7.56. The Labute approximate surface area is 257 Å². The number of hydrogen-bond acceptors (Lipinski definition) is 6. The summed E-state index contributed by atoms with van der Waals surface area (Å²) in [6.07, 6.45) is 0.514. The lowest BCUT2D eigenvalue weighted by molar-refractivity contribution is -0.128. The normalized spacial score (nSPS) is 18.6. The molecule has 2 atom stereocenters. The molecular weight excluding hydrogens is 597 g/mol. The number of amides is 3. The smallest absolute Gasteiger partial charge is 0.251 e. The van der Waals surface area contributed by atoms with Crippen molar-refractivity contribution in [1.29, 1.82) is 5.26 Å². The standard InChI is InChI=1S/C30H26ClF3N6O3.CH4/c31-23-7-2-1-6-22(23)26(27(42)37-19-10-13-30(33,34)14-11-19)39(21-5-3-4-18(32)16-21)28(43)24-8-9-25(41)40(24)29-36-15-12-20(17-35)38-29;/h1-7,12,15-16,19,24,26H,8-11,13-14H2,(H,37,42);1H4/t24-,26-;/m0./s1. The van der Waals surface area contributed by atoms with Gasteiger partial charge in [-0.1, -0.05) is 43.3 Å². The topological polar surface area (TPSA) is 119 Å². The van der Waals surface area contributed by atoms with E-state index in [9.17, 15) is 32.8 Å². The maximum atomic E-state index is 14.6. The Kier molecular flexibility index (Phi) is 9.89. The van der Waals surface area contributed by atoms with Crippen LogP contribution in [0.15, 0.2) is 60.8 Å². The summed E-state index contributed by atoms with van der Waals surface area (Å²) in [5.41, 5.74) is 0.189. The molecule has 0 unspecified atom stereocenters. The van der Waals surface area contributed by atoms with Crippen molar-refractivity contribution in [3.63, 3.8) is 0 Å². The van der Waals surface area contributed by atoms with Gasteiger partial charge in [-0.2, -0.15) is 5.26 Å². The van der Waals surface area contributed by atoms with E-state index in [4.69, 9.17) is 11.6 Å². The Balaban J connectivity index is 0.00000442. The fourth-order valence-corrected chi connectivity index (χ4v) is 5.68. The number of nitriles is 1. The molecule has 5 rings (SSSR count). The van der Waals surface area contributed by atoms with Gasteiger partial charge in [0.1, 0.15) is 29.7 Å². The van der Waals surface area contributed by atoms with Crippen molar-refractivity contribution in [2.75, 3.05) is 9.80 Å². The van der Waals surface area contributed by atoms with E-state index < -0.39 is 60.4 Å². The first-order valence-corrected chi connectivity index (χ1v) is 14.0. The van der Waals surface area contributed by atoms with Crippen LogP contribution >= 0.6 is 11.6 Å². The van der Waals surface area contributed by atoms with Gasteiger partial charge in [-0.05, 0) is 49.6 Å². The highest BCUT2D eigenvalue weighted by Crippen LogP contribution is 2.37. The zero-order valence-corrected chi connectivity index (χ0v) is 23.5. The van der Waals surface area contributed by atoms with Crippen molar-refractivity contribution in [2.24, 2.45) is 0 Å². The summed E-state index contributed by atoms with van der Waals surface area (Å²) in [4.78, 5) is 51.9. The first kappa shape index (κ1) is 32.4. The van der Waals surface area contributed by atoms with E-state index >= 15 is 0 Å². The second kappa shape index (κ2) is 13.4. The Hall–Kier alpha value is -4.50. The first-order chi connectivity index (χ1) is 20.6. The van der Waals surface area contributed by atoms with Gasteiger partial charge in [0.05, 0.1) is 0 Å². The molecule has 2 fully saturated rings. The van der Waals surface area contributed by atoms with Crippen LogP contribution in [-0.4, -0.2) is 45.7 Å². The van der Waals surface area contributed by atoms with Crippen LogP contribution in [-0.2, 0) is 14.4 Å². The third-order valence-corrected chi connectivity index (χ3v) is 7.91. The van der Waals surface area contributed by atoms with Crippen LogP contribution in [0.25, 0.3) is 0 Å². The van der Waals surface area contributed by atoms with Crippen molar-refractivity contribution >= 4 is 41.0 Å². The molecular formula is C31H30ClF3N6O3. The number of benzene rings is 2. The fourth-order valence-electron chi connectivity index (χ4n) is 5.44. The van der Waals surface area contributed by atoms with E-state index in [1.165, 1.54) is 42.6 Å². The minimum Gasteiger partial charge on any atom is -0.351 e. The largest absolute Gasteiger partial charge is 0.351 e. The quantitative estimate of drug-likeness (QED) is 0.357. The molecule has 0 spiro atoms. The van der Waals surface area contributed by atoms with Gasteiger partial charge >= 0.3 is 0 Å². The average Bonchev–Trinajstić information content (AvgIpc) is 3.38. The van der Waals surface area contributed by atoms with Crippen molar-refractivity contribution in [2.45, 2.75) is 70.0 Å². The summed E-state index contributed by atoms with van der Waals surface area (Å²) in [6.45, 7) is 0. The molecule has 0 radical (unpaired) electrons. The van der Waals surface area contributed by atoms with Gasteiger partial charge in [-0.15, -0.1) is 0 Å². The van der Waals surface area contributed by atoms with E-state index in [0.29, 0.717) is 0 Å². The molecule has 9 nitrogen and oxygen atoms in total. The molecule has 2 aromatic carbocycles. The molecule has 1 aliphatic carbocycles. The van der Waals surface area contributed by atoms with Crippen LogP contribution in [0.5, 0.6) is 0 Å². The number of aromatic nitrogens is 2. The van der Waals surface area contributed by atoms with Gasteiger partial charge in [0.25, 0.3) is 5.91 Å². The molecule has 1 aliphatic heterocycles. The predicted octanol–water partition coefficient (Wildman–Crippen LogP) is 5.74. The molecule has 230 valence electrons. The number of carbonyl (C=O) groups excluding carboxylic acids is 3. The maximum absolute atomic E-state index is 14.6. The molecule has 44 heavy (non-hydrogen) atoms. The maximum Gasteiger partial charge on any atom is 0.251 e. The van der Waals surface area contributed by atoms with Crippen LogP contribution in [0, 0.1) is 17.1 Å². The number of rotatable bonds is 7. The zero-order valence-electron chi connectivity index (χ0n) is 22.7.